The lowest BCUT2D eigenvalue weighted by Gasteiger charge is -2.30. The fourth-order valence-corrected chi connectivity index (χ4v) is 4.99. The van der Waals surface area contributed by atoms with Crippen molar-refractivity contribution in [2.24, 2.45) is 0 Å². The Bertz CT molecular complexity index is 330. The van der Waals surface area contributed by atoms with Crippen molar-refractivity contribution in [1.29, 1.82) is 0 Å². The number of hydrogen-bond donors (Lipinski definition) is 0. The molecule has 2 nitrogen and oxygen atoms in total. The van der Waals surface area contributed by atoms with Crippen LogP contribution in [0.1, 0.15) is 71.1 Å². The van der Waals surface area contributed by atoms with Crippen molar-refractivity contribution >= 4 is 10.8 Å². The van der Waals surface area contributed by atoms with E-state index in [1.807, 2.05) is 6.26 Å². The van der Waals surface area contributed by atoms with Gasteiger partial charge in [0.2, 0.25) is 0 Å². The predicted octanol–water partition coefficient (Wildman–Crippen LogP) is 4.32. The molecule has 0 amide bonds. The van der Waals surface area contributed by atoms with Crippen LogP contribution in [0.4, 0.5) is 0 Å². The van der Waals surface area contributed by atoms with E-state index in [4.69, 9.17) is 4.74 Å². The zero-order chi connectivity index (χ0) is 13.6. The van der Waals surface area contributed by atoms with Crippen LogP contribution < -0.4 is 0 Å². The topological polar surface area (TPSA) is 26.3 Å². The maximum atomic E-state index is 12.5. The SMILES string of the molecule is CCC1(COC=C2CCCCC2)CCCCCS1=O. The Balaban J connectivity index is 1.91. The summed E-state index contributed by atoms with van der Waals surface area (Å²) in [4.78, 5) is 0. The van der Waals surface area contributed by atoms with Gasteiger partial charge >= 0.3 is 0 Å². The summed E-state index contributed by atoms with van der Waals surface area (Å²) in [5.74, 6) is 0.869. The minimum Gasteiger partial charge on any atom is -0.500 e. The number of rotatable bonds is 4. The van der Waals surface area contributed by atoms with E-state index in [1.165, 1.54) is 50.5 Å². The minimum atomic E-state index is -0.715. The molecule has 0 aromatic heterocycles. The monoisotopic (exact) mass is 284 g/mol. The molecular formula is C16H28O2S. The zero-order valence-corrected chi connectivity index (χ0v) is 13.1. The van der Waals surface area contributed by atoms with Crippen LogP contribution >= 0.6 is 0 Å². The smallest absolute Gasteiger partial charge is 0.104 e. The molecule has 2 rings (SSSR count). The molecule has 0 spiro atoms. The van der Waals surface area contributed by atoms with Crippen molar-refractivity contribution < 1.29 is 8.95 Å². The first kappa shape index (κ1) is 15.1. The molecule has 0 radical (unpaired) electrons. The standard InChI is InChI=1S/C16H28O2S/c1-2-16(11-7-4-8-12-19(16)17)14-18-13-15-9-5-3-6-10-15/h13H,2-12,14H2,1H3. The Kier molecular flexibility index (Phi) is 5.93. The van der Waals surface area contributed by atoms with Gasteiger partial charge in [-0.05, 0) is 50.5 Å². The third-order valence-electron chi connectivity index (χ3n) is 4.68. The van der Waals surface area contributed by atoms with Gasteiger partial charge in [0.15, 0.2) is 0 Å². The van der Waals surface area contributed by atoms with E-state index in [0.717, 1.165) is 25.0 Å². The Hall–Kier alpha value is -0.310. The molecule has 1 heterocycles. The largest absolute Gasteiger partial charge is 0.500 e. The maximum absolute atomic E-state index is 12.5. The van der Waals surface area contributed by atoms with E-state index in [-0.39, 0.29) is 4.75 Å². The summed E-state index contributed by atoms with van der Waals surface area (Å²) in [5.41, 5.74) is 1.46. The van der Waals surface area contributed by atoms with Crippen molar-refractivity contribution in [2.75, 3.05) is 12.4 Å². The van der Waals surface area contributed by atoms with E-state index in [9.17, 15) is 4.21 Å². The highest BCUT2D eigenvalue weighted by Crippen LogP contribution is 2.31. The van der Waals surface area contributed by atoms with Crippen LogP contribution in [0.25, 0.3) is 0 Å². The normalized spacial score (nSPS) is 32.7. The molecule has 1 aliphatic heterocycles. The van der Waals surface area contributed by atoms with Gasteiger partial charge in [0, 0.05) is 16.6 Å². The molecule has 110 valence electrons. The fourth-order valence-electron chi connectivity index (χ4n) is 3.20. The van der Waals surface area contributed by atoms with Crippen molar-refractivity contribution in [1.82, 2.24) is 0 Å². The minimum absolute atomic E-state index is 0.0811. The first-order chi connectivity index (χ1) is 9.27. The van der Waals surface area contributed by atoms with E-state index < -0.39 is 10.8 Å². The molecule has 0 aromatic rings. The summed E-state index contributed by atoms with van der Waals surface area (Å²) in [6, 6.07) is 0. The third kappa shape index (κ3) is 4.08. The Labute approximate surface area is 120 Å². The van der Waals surface area contributed by atoms with E-state index in [0.29, 0.717) is 6.61 Å². The average molecular weight is 284 g/mol. The molecule has 2 fully saturated rings. The molecule has 1 aliphatic carbocycles. The molecule has 3 heteroatoms. The Morgan fingerprint density at radius 2 is 1.89 bits per heavy atom. The lowest BCUT2D eigenvalue weighted by atomic mass is 9.96. The van der Waals surface area contributed by atoms with Gasteiger partial charge in [-0.25, -0.2) is 0 Å². The van der Waals surface area contributed by atoms with Crippen LogP contribution in [0.5, 0.6) is 0 Å². The first-order valence-corrected chi connectivity index (χ1v) is 9.27. The van der Waals surface area contributed by atoms with Gasteiger partial charge in [0.05, 0.1) is 11.0 Å². The van der Waals surface area contributed by atoms with Gasteiger partial charge in [-0.3, -0.25) is 4.21 Å². The molecule has 0 aromatic carbocycles. The van der Waals surface area contributed by atoms with E-state index >= 15 is 0 Å². The van der Waals surface area contributed by atoms with Crippen LogP contribution in [0, 0.1) is 0 Å². The lowest BCUT2D eigenvalue weighted by molar-refractivity contribution is 0.196. The van der Waals surface area contributed by atoms with Gasteiger partial charge in [-0.15, -0.1) is 0 Å². The highest BCUT2D eigenvalue weighted by molar-refractivity contribution is 7.86. The summed E-state index contributed by atoms with van der Waals surface area (Å²) < 4.78 is 18.3. The molecule has 2 aliphatic rings. The van der Waals surface area contributed by atoms with Crippen LogP contribution in [0.15, 0.2) is 11.8 Å². The highest BCUT2D eigenvalue weighted by atomic mass is 32.2. The summed E-state index contributed by atoms with van der Waals surface area (Å²) in [7, 11) is -0.715. The number of ether oxygens (including phenoxy) is 1. The molecule has 2 atom stereocenters. The van der Waals surface area contributed by atoms with Crippen molar-refractivity contribution in [3.8, 4) is 0 Å². The first-order valence-electron chi connectivity index (χ1n) is 7.95. The van der Waals surface area contributed by atoms with Gasteiger partial charge in [-0.2, -0.15) is 0 Å². The second-order valence-electron chi connectivity index (χ2n) is 6.04. The molecule has 0 N–H and O–H groups in total. The summed E-state index contributed by atoms with van der Waals surface area (Å²) in [6.07, 6.45) is 14.0. The van der Waals surface area contributed by atoms with Crippen LogP contribution in [0.3, 0.4) is 0 Å². The summed E-state index contributed by atoms with van der Waals surface area (Å²) in [6.45, 7) is 2.82. The van der Waals surface area contributed by atoms with Crippen molar-refractivity contribution in [3.63, 3.8) is 0 Å². The molecule has 19 heavy (non-hydrogen) atoms. The van der Waals surface area contributed by atoms with E-state index in [2.05, 4.69) is 6.92 Å². The van der Waals surface area contributed by atoms with Crippen molar-refractivity contribution in [3.05, 3.63) is 11.8 Å². The maximum Gasteiger partial charge on any atom is 0.104 e. The van der Waals surface area contributed by atoms with Crippen molar-refractivity contribution in [2.45, 2.75) is 75.9 Å². The lowest BCUT2D eigenvalue weighted by Crippen LogP contribution is -2.38. The van der Waals surface area contributed by atoms with E-state index in [1.54, 1.807) is 0 Å². The molecular weight excluding hydrogens is 256 g/mol. The Morgan fingerprint density at radius 1 is 1.16 bits per heavy atom. The van der Waals surface area contributed by atoms with Crippen LogP contribution in [-0.4, -0.2) is 21.3 Å². The molecule has 1 saturated carbocycles. The zero-order valence-electron chi connectivity index (χ0n) is 12.3. The predicted molar refractivity (Wildman–Crippen MR) is 81.6 cm³/mol. The molecule has 0 bridgehead atoms. The fraction of sp³-hybridized carbons (Fsp3) is 0.875. The van der Waals surface area contributed by atoms with Gasteiger partial charge in [0.1, 0.15) is 6.61 Å². The Morgan fingerprint density at radius 3 is 2.63 bits per heavy atom. The van der Waals surface area contributed by atoms with Gasteiger partial charge < -0.3 is 4.74 Å². The highest BCUT2D eigenvalue weighted by Gasteiger charge is 2.36. The second kappa shape index (κ2) is 7.47. The number of allylic oxidation sites excluding steroid dienone is 1. The van der Waals surface area contributed by atoms with Gasteiger partial charge in [-0.1, -0.05) is 26.2 Å². The van der Waals surface area contributed by atoms with Crippen LogP contribution in [0.2, 0.25) is 0 Å². The molecule has 1 saturated heterocycles. The summed E-state index contributed by atoms with van der Waals surface area (Å²) in [5, 5.41) is 0. The quantitative estimate of drug-likeness (QED) is 0.719. The van der Waals surface area contributed by atoms with Crippen LogP contribution in [-0.2, 0) is 15.5 Å². The third-order valence-corrected chi connectivity index (χ3v) is 6.92. The summed E-state index contributed by atoms with van der Waals surface area (Å²) >= 11 is 0. The van der Waals surface area contributed by atoms with Gasteiger partial charge in [0.25, 0.3) is 0 Å². The molecule has 2 unspecified atom stereocenters. The number of hydrogen-bond acceptors (Lipinski definition) is 2. The second-order valence-corrected chi connectivity index (χ2v) is 8.01. The average Bonchev–Trinajstić information content (AvgIpc) is 2.63.